The fourth-order valence-electron chi connectivity index (χ4n) is 1.51. The molecular formula is C14H12FNO3. The Labute approximate surface area is 109 Å². The monoisotopic (exact) mass is 261 g/mol. The molecule has 1 aromatic carbocycles. The van der Waals surface area contributed by atoms with E-state index in [1.54, 1.807) is 25.1 Å². The van der Waals surface area contributed by atoms with E-state index in [-0.39, 0.29) is 18.1 Å². The van der Waals surface area contributed by atoms with Crippen LogP contribution in [0.5, 0.6) is 5.75 Å². The second-order valence-corrected chi connectivity index (χ2v) is 4.05. The molecule has 0 aliphatic carbocycles. The molecule has 0 aliphatic heterocycles. The van der Waals surface area contributed by atoms with Gasteiger partial charge in [-0.1, -0.05) is 6.07 Å². The maximum Gasteiger partial charge on any atom is 0.354 e. The van der Waals surface area contributed by atoms with E-state index in [1.807, 2.05) is 0 Å². The van der Waals surface area contributed by atoms with Gasteiger partial charge in [-0.25, -0.2) is 14.2 Å². The Balaban J connectivity index is 2.07. The van der Waals surface area contributed by atoms with E-state index in [2.05, 4.69) is 4.98 Å². The molecule has 2 aromatic rings. The number of carboxylic acids is 1. The van der Waals surface area contributed by atoms with Crippen LogP contribution in [-0.4, -0.2) is 16.1 Å². The third-order valence-corrected chi connectivity index (χ3v) is 2.59. The average molecular weight is 261 g/mol. The van der Waals surface area contributed by atoms with Crippen LogP contribution in [0.25, 0.3) is 0 Å². The average Bonchev–Trinajstić information content (AvgIpc) is 2.40. The van der Waals surface area contributed by atoms with Crippen molar-refractivity contribution in [3.8, 4) is 5.75 Å². The third kappa shape index (κ3) is 3.28. The van der Waals surface area contributed by atoms with Crippen molar-refractivity contribution in [3.63, 3.8) is 0 Å². The first-order valence-corrected chi connectivity index (χ1v) is 5.63. The molecule has 0 amide bonds. The van der Waals surface area contributed by atoms with E-state index >= 15 is 0 Å². The van der Waals surface area contributed by atoms with Crippen molar-refractivity contribution in [1.29, 1.82) is 0 Å². The summed E-state index contributed by atoms with van der Waals surface area (Å²) in [6, 6.07) is 7.66. The number of rotatable bonds is 4. The SMILES string of the molecule is Cc1ccc(OCc2ccnc(C(=O)O)c2)cc1F. The maximum atomic E-state index is 13.3. The highest BCUT2D eigenvalue weighted by atomic mass is 19.1. The highest BCUT2D eigenvalue weighted by molar-refractivity contribution is 5.85. The van der Waals surface area contributed by atoms with Crippen molar-refractivity contribution in [3.05, 3.63) is 59.2 Å². The van der Waals surface area contributed by atoms with Crippen LogP contribution in [0.4, 0.5) is 4.39 Å². The van der Waals surface area contributed by atoms with E-state index in [4.69, 9.17) is 9.84 Å². The van der Waals surface area contributed by atoms with Crippen LogP contribution in [0.3, 0.4) is 0 Å². The van der Waals surface area contributed by atoms with Crippen molar-refractivity contribution in [2.24, 2.45) is 0 Å². The summed E-state index contributed by atoms with van der Waals surface area (Å²) in [5.74, 6) is -1.03. The summed E-state index contributed by atoms with van der Waals surface area (Å²) in [4.78, 5) is 14.5. The highest BCUT2D eigenvalue weighted by Gasteiger charge is 2.06. The number of hydrogen-bond donors (Lipinski definition) is 1. The number of halogens is 1. The first kappa shape index (κ1) is 13.0. The summed E-state index contributed by atoms with van der Waals surface area (Å²) < 4.78 is 18.7. The Kier molecular flexibility index (Phi) is 3.75. The molecule has 0 unspecified atom stereocenters. The van der Waals surface area contributed by atoms with Crippen LogP contribution < -0.4 is 4.74 Å². The Hall–Kier alpha value is -2.43. The smallest absolute Gasteiger partial charge is 0.354 e. The van der Waals surface area contributed by atoms with Gasteiger partial charge in [0.1, 0.15) is 23.9 Å². The van der Waals surface area contributed by atoms with E-state index in [0.717, 1.165) is 0 Å². The molecule has 0 aliphatic rings. The lowest BCUT2D eigenvalue weighted by Gasteiger charge is -2.07. The second kappa shape index (κ2) is 5.48. The summed E-state index contributed by atoms with van der Waals surface area (Å²) in [6.07, 6.45) is 1.40. The van der Waals surface area contributed by atoms with E-state index in [0.29, 0.717) is 16.9 Å². The quantitative estimate of drug-likeness (QED) is 0.919. The molecule has 0 atom stereocenters. The molecule has 0 bridgehead atoms. The number of nitrogens with zero attached hydrogens (tertiary/aromatic N) is 1. The van der Waals surface area contributed by atoms with Crippen molar-refractivity contribution in [2.45, 2.75) is 13.5 Å². The Morgan fingerprint density at radius 1 is 1.37 bits per heavy atom. The largest absolute Gasteiger partial charge is 0.489 e. The fourth-order valence-corrected chi connectivity index (χ4v) is 1.51. The van der Waals surface area contributed by atoms with Gasteiger partial charge in [0, 0.05) is 12.3 Å². The van der Waals surface area contributed by atoms with Crippen LogP contribution in [0.15, 0.2) is 36.5 Å². The highest BCUT2D eigenvalue weighted by Crippen LogP contribution is 2.17. The zero-order chi connectivity index (χ0) is 13.8. The lowest BCUT2D eigenvalue weighted by molar-refractivity contribution is 0.0690. The van der Waals surface area contributed by atoms with Crippen molar-refractivity contribution >= 4 is 5.97 Å². The number of carboxylic acid groups (broad SMARTS) is 1. The van der Waals surface area contributed by atoms with Crippen molar-refractivity contribution in [1.82, 2.24) is 4.98 Å². The zero-order valence-electron chi connectivity index (χ0n) is 10.3. The number of ether oxygens (including phenoxy) is 1. The van der Waals surface area contributed by atoms with Crippen LogP contribution in [0.1, 0.15) is 21.6 Å². The zero-order valence-corrected chi connectivity index (χ0v) is 10.3. The molecule has 0 radical (unpaired) electrons. The Morgan fingerprint density at radius 2 is 2.16 bits per heavy atom. The van der Waals surface area contributed by atoms with Gasteiger partial charge < -0.3 is 9.84 Å². The predicted octanol–water partition coefficient (Wildman–Crippen LogP) is 2.81. The summed E-state index contributed by atoms with van der Waals surface area (Å²) >= 11 is 0. The number of aromatic nitrogens is 1. The van der Waals surface area contributed by atoms with Gasteiger partial charge in [0.2, 0.25) is 0 Å². The Morgan fingerprint density at radius 3 is 2.84 bits per heavy atom. The molecule has 4 nitrogen and oxygen atoms in total. The van der Waals surface area contributed by atoms with Gasteiger partial charge in [-0.05, 0) is 36.2 Å². The third-order valence-electron chi connectivity index (χ3n) is 2.59. The minimum atomic E-state index is -1.09. The number of hydrogen-bond acceptors (Lipinski definition) is 3. The molecule has 0 saturated carbocycles. The molecule has 1 aromatic heterocycles. The number of aromatic carboxylic acids is 1. The van der Waals surface area contributed by atoms with E-state index < -0.39 is 5.97 Å². The molecule has 0 spiro atoms. The first-order valence-electron chi connectivity index (χ1n) is 5.63. The molecule has 0 fully saturated rings. The molecular weight excluding hydrogens is 249 g/mol. The molecule has 2 rings (SSSR count). The summed E-state index contributed by atoms with van der Waals surface area (Å²) in [5.41, 5.74) is 1.16. The fraction of sp³-hybridized carbons (Fsp3) is 0.143. The summed E-state index contributed by atoms with van der Waals surface area (Å²) in [7, 11) is 0. The first-order chi connectivity index (χ1) is 9.06. The molecule has 19 heavy (non-hydrogen) atoms. The minimum Gasteiger partial charge on any atom is -0.489 e. The maximum absolute atomic E-state index is 13.3. The lowest BCUT2D eigenvalue weighted by atomic mass is 10.2. The van der Waals surface area contributed by atoms with Crippen LogP contribution >= 0.6 is 0 Å². The molecule has 5 heteroatoms. The van der Waals surface area contributed by atoms with Gasteiger partial charge in [0.15, 0.2) is 0 Å². The predicted molar refractivity (Wildman–Crippen MR) is 66.7 cm³/mol. The minimum absolute atomic E-state index is 0.0452. The van der Waals surface area contributed by atoms with Gasteiger partial charge in [0.05, 0.1) is 0 Å². The lowest BCUT2D eigenvalue weighted by Crippen LogP contribution is -2.03. The van der Waals surface area contributed by atoms with Gasteiger partial charge in [0.25, 0.3) is 0 Å². The summed E-state index contributed by atoms with van der Waals surface area (Å²) in [6.45, 7) is 1.83. The normalized spacial score (nSPS) is 10.2. The molecule has 1 N–H and O–H groups in total. The van der Waals surface area contributed by atoms with E-state index in [1.165, 1.54) is 18.3 Å². The molecule has 1 heterocycles. The van der Waals surface area contributed by atoms with Crippen molar-refractivity contribution < 1.29 is 19.0 Å². The molecule has 98 valence electrons. The van der Waals surface area contributed by atoms with Gasteiger partial charge >= 0.3 is 5.97 Å². The summed E-state index contributed by atoms with van der Waals surface area (Å²) in [5, 5.41) is 8.81. The standard InChI is InChI=1S/C14H12FNO3/c1-9-2-3-11(7-12(9)15)19-8-10-4-5-16-13(6-10)14(17)18/h2-7H,8H2,1H3,(H,17,18). The van der Waals surface area contributed by atoms with Crippen LogP contribution in [-0.2, 0) is 6.61 Å². The number of carbonyl (C=O) groups is 1. The van der Waals surface area contributed by atoms with Gasteiger partial charge in [-0.2, -0.15) is 0 Å². The van der Waals surface area contributed by atoms with Gasteiger partial charge in [-0.3, -0.25) is 0 Å². The molecule has 0 saturated heterocycles. The number of aryl methyl sites for hydroxylation is 1. The number of benzene rings is 1. The van der Waals surface area contributed by atoms with Crippen molar-refractivity contribution in [2.75, 3.05) is 0 Å². The second-order valence-electron chi connectivity index (χ2n) is 4.05. The van der Waals surface area contributed by atoms with Crippen LogP contribution in [0, 0.1) is 12.7 Å². The van der Waals surface area contributed by atoms with E-state index in [9.17, 15) is 9.18 Å². The van der Waals surface area contributed by atoms with Crippen LogP contribution in [0.2, 0.25) is 0 Å². The Bertz CT molecular complexity index is 613. The topological polar surface area (TPSA) is 59.4 Å². The number of pyridine rings is 1. The van der Waals surface area contributed by atoms with Gasteiger partial charge in [-0.15, -0.1) is 0 Å².